The topological polar surface area (TPSA) is 41.6 Å². The molecule has 0 bridgehead atoms. The molecule has 2 atom stereocenters. The average molecular weight is 212 g/mol. The van der Waals surface area contributed by atoms with Crippen molar-refractivity contribution in [3.05, 3.63) is 0 Å². The van der Waals surface area contributed by atoms with Crippen molar-refractivity contribution < 1.29 is 9.53 Å². The number of nitrogens with zero attached hydrogens (tertiary/aromatic N) is 1. The Morgan fingerprint density at radius 3 is 2.80 bits per heavy atom. The van der Waals surface area contributed by atoms with Gasteiger partial charge in [-0.05, 0) is 40.2 Å². The Labute approximate surface area is 91.0 Å². The van der Waals surface area contributed by atoms with Gasteiger partial charge in [-0.3, -0.25) is 0 Å². The predicted octanol–water partition coefficient (Wildman–Crippen LogP) is 1.36. The van der Waals surface area contributed by atoms with Crippen molar-refractivity contribution >= 4 is 6.09 Å². The Kier molecular flexibility index (Phi) is 2.63. The van der Waals surface area contributed by atoms with Crippen LogP contribution in [0.15, 0.2) is 0 Å². The number of carbonyl (C=O) groups excluding carboxylic acids is 1. The van der Waals surface area contributed by atoms with E-state index in [4.69, 9.17) is 4.74 Å². The van der Waals surface area contributed by atoms with Crippen molar-refractivity contribution in [1.82, 2.24) is 10.2 Å². The summed E-state index contributed by atoms with van der Waals surface area (Å²) in [4.78, 5) is 13.8. The molecule has 15 heavy (non-hydrogen) atoms. The predicted molar refractivity (Wildman–Crippen MR) is 57.8 cm³/mol. The van der Waals surface area contributed by atoms with E-state index in [2.05, 4.69) is 5.32 Å². The highest BCUT2D eigenvalue weighted by Crippen LogP contribution is 2.26. The second-order valence-corrected chi connectivity index (χ2v) is 5.38. The third-order valence-electron chi connectivity index (χ3n) is 3.02. The fraction of sp³-hybridized carbons (Fsp3) is 0.909. The maximum atomic E-state index is 11.9. The largest absolute Gasteiger partial charge is 0.444 e. The number of carbonyl (C=O) groups is 1. The number of ether oxygens (including phenoxy) is 1. The zero-order chi connectivity index (χ0) is 11.1. The van der Waals surface area contributed by atoms with Crippen LogP contribution < -0.4 is 5.32 Å². The van der Waals surface area contributed by atoms with Crippen LogP contribution in [0.25, 0.3) is 0 Å². The number of hydrogen-bond donors (Lipinski definition) is 1. The second-order valence-electron chi connectivity index (χ2n) is 5.38. The first kappa shape index (κ1) is 10.7. The first-order valence-corrected chi connectivity index (χ1v) is 5.70. The third kappa shape index (κ3) is 2.25. The van der Waals surface area contributed by atoms with Crippen molar-refractivity contribution in [2.45, 2.75) is 51.3 Å². The summed E-state index contributed by atoms with van der Waals surface area (Å²) < 4.78 is 5.39. The van der Waals surface area contributed by atoms with E-state index in [1.54, 1.807) is 0 Å². The molecule has 2 saturated heterocycles. The summed E-state index contributed by atoms with van der Waals surface area (Å²) in [5, 5.41) is 3.42. The fourth-order valence-electron chi connectivity index (χ4n) is 2.41. The van der Waals surface area contributed by atoms with E-state index in [0.717, 1.165) is 25.9 Å². The van der Waals surface area contributed by atoms with Crippen LogP contribution >= 0.6 is 0 Å². The van der Waals surface area contributed by atoms with Crippen LogP contribution in [0.1, 0.15) is 33.6 Å². The SMILES string of the molecule is CC(C)(C)OC(=O)N1CC[C@@H]2NCC[C@H]21. The van der Waals surface area contributed by atoms with Crippen molar-refractivity contribution in [3.8, 4) is 0 Å². The number of nitrogens with one attached hydrogen (secondary N) is 1. The lowest BCUT2D eigenvalue weighted by Crippen LogP contribution is -2.41. The van der Waals surface area contributed by atoms with Crippen molar-refractivity contribution in [2.24, 2.45) is 0 Å². The first-order chi connectivity index (χ1) is 6.97. The quantitative estimate of drug-likeness (QED) is 0.659. The molecule has 0 unspecified atom stereocenters. The molecule has 2 fully saturated rings. The summed E-state index contributed by atoms with van der Waals surface area (Å²) in [6.07, 6.45) is 1.96. The molecular weight excluding hydrogens is 192 g/mol. The van der Waals surface area contributed by atoms with Crippen LogP contribution in [-0.2, 0) is 4.74 Å². The molecule has 0 aromatic heterocycles. The molecule has 1 N–H and O–H groups in total. The lowest BCUT2D eigenvalue weighted by Gasteiger charge is -2.27. The second kappa shape index (κ2) is 3.67. The third-order valence-corrected chi connectivity index (χ3v) is 3.02. The van der Waals surface area contributed by atoms with Gasteiger partial charge in [-0.15, -0.1) is 0 Å². The van der Waals surface area contributed by atoms with Crippen LogP contribution in [-0.4, -0.2) is 41.8 Å². The molecule has 0 aromatic rings. The molecule has 2 heterocycles. The van der Waals surface area contributed by atoms with Gasteiger partial charge in [0, 0.05) is 12.6 Å². The molecule has 0 aliphatic carbocycles. The Bertz CT molecular complexity index is 260. The molecule has 0 aromatic carbocycles. The van der Waals surface area contributed by atoms with Gasteiger partial charge in [0.15, 0.2) is 0 Å². The van der Waals surface area contributed by atoms with Gasteiger partial charge in [-0.25, -0.2) is 4.79 Å². The Hall–Kier alpha value is -0.770. The zero-order valence-corrected chi connectivity index (χ0v) is 9.75. The number of fused-ring (bicyclic) bond motifs is 1. The van der Waals surface area contributed by atoms with Gasteiger partial charge < -0.3 is 15.0 Å². The summed E-state index contributed by atoms with van der Waals surface area (Å²) >= 11 is 0. The zero-order valence-electron chi connectivity index (χ0n) is 9.75. The van der Waals surface area contributed by atoms with Crippen LogP contribution in [0, 0.1) is 0 Å². The van der Waals surface area contributed by atoms with Crippen LogP contribution in [0.2, 0.25) is 0 Å². The van der Waals surface area contributed by atoms with E-state index >= 15 is 0 Å². The summed E-state index contributed by atoms with van der Waals surface area (Å²) in [5.74, 6) is 0. The lowest BCUT2D eigenvalue weighted by molar-refractivity contribution is 0.0227. The van der Waals surface area contributed by atoms with Gasteiger partial charge in [0.1, 0.15) is 5.60 Å². The Morgan fingerprint density at radius 2 is 2.13 bits per heavy atom. The highest BCUT2D eigenvalue weighted by atomic mass is 16.6. The van der Waals surface area contributed by atoms with Crippen molar-refractivity contribution in [3.63, 3.8) is 0 Å². The van der Waals surface area contributed by atoms with Gasteiger partial charge in [-0.1, -0.05) is 0 Å². The van der Waals surface area contributed by atoms with E-state index in [0.29, 0.717) is 12.1 Å². The molecule has 2 aliphatic heterocycles. The molecule has 4 nitrogen and oxygen atoms in total. The standard InChI is InChI=1S/C11H20N2O2/c1-11(2,3)15-10(14)13-7-5-8-9(13)4-6-12-8/h8-9,12H,4-7H2,1-3H3/t8-,9+/m0/s1. The van der Waals surface area contributed by atoms with E-state index in [-0.39, 0.29) is 11.7 Å². The van der Waals surface area contributed by atoms with Gasteiger partial charge >= 0.3 is 6.09 Å². The minimum Gasteiger partial charge on any atom is -0.444 e. The maximum absolute atomic E-state index is 11.9. The Balaban J connectivity index is 1.96. The minimum absolute atomic E-state index is 0.154. The van der Waals surface area contributed by atoms with Crippen LogP contribution in [0.4, 0.5) is 4.79 Å². The van der Waals surface area contributed by atoms with E-state index in [1.165, 1.54) is 0 Å². The lowest BCUT2D eigenvalue weighted by atomic mass is 10.1. The molecule has 0 radical (unpaired) electrons. The number of hydrogen-bond acceptors (Lipinski definition) is 3. The highest BCUT2D eigenvalue weighted by molar-refractivity contribution is 5.69. The summed E-state index contributed by atoms with van der Waals surface area (Å²) in [6, 6.07) is 0.859. The minimum atomic E-state index is -0.388. The van der Waals surface area contributed by atoms with Crippen molar-refractivity contribution in [2.75, 3.05) is 13.1 Å². The smallest absolute Gasteiger partial charge is 0.410 e. The number of rotatable bonds is 0. The van der Waals surface area contributed by atoms with E-state index in [9.17, 15) is 4.79 Å². The van der Waals surface area contributed by atoms with Gasteiger partial charge in [0.2, 0.25) is 0 Å². The van der Waals surface area contributed by atoms with E-state index in [1.807, 2.05) is 25.7 Å². The van der Waals surface area contributed by atoms with E-state index < -0.39 is 0 Å². The normalized spacial score (nSPS) is 30.5. The average Bonchev–Trinajstić information content (AvgIpc) is 2.57. The van der Waals surface area contributed by atoms with Gasteiger partial charge in [0.05, 0.1) is 6.04 Å². The fourth-order valence-corrected chi connectivity index (χ4v) is 2.41. The Morgan fingerprint density at radius 1 is 1.40 bits per heavy atom. The number of amides is 1. The summed E-state index contributed by atoms with van der Waals surface area (Å²) in [6.45, 7) is 7.58. The molecule has 86 valence electrons. The number of likely N-dealkylation sites (tertiary alicyclic amines) is 1. The molecular formula is C11H20N2O2. The van der Waals surface area contributed by atoms with Crippen LogP contribution in [0.3, 0.4) is 0 Å². The molecule has 4 heteroatoms. The first-order valence-electron chi connectivity index (χ1n) is 5.70. The maximum Gasteiger partial charge on any atom is 0.410 e. The van der Waals surface area contributed by atoms with Gasteiger partial charge in [0.25, 0.3) is 0 Å². The monoisotopic (exact) mass is 212 g/mol. The van der Waals surface area contributed by atoms with Crippen molar-refractivity contribution in [1.29, 1.82) is 0 Å². The molecule has 0 saturated carbocycles. The molecule has 2 aliphatic rings. The summed E-state index contributed by atoms with van der Waals surface area (Å²) in [5.41, 5.74) is -0.388. The molecule has 0 spiro atoms. The summed E-state index contributed by atoms with van der Waals surface area (Å²) in [7, 11) is 0. The van der Waals surface area contributed by atoms with Crippen LogP contribution in [0.5, 0.6) is 0 Å². The molecule has 2 rings (SSSR count). The molecule has 1 amide bonds. The van der Waals surface area contributed by atoms with Gasteiger partial charge in [-0.2, -0.15) is 0 Å². The highest BCUT2D eigenvalue weighted by Gasteiger charge is 2.41.